The Kier molecular flexibility index (Phi) is 6.22. The van der Waals surface area contributed by atoms with Crippen LogP contribution in [0.1, 0.15) is 56.3 Å². The molecule has 1 aliphatic carbocycles. The molecule has 1 amide bonds. The average Bonchev–Trinajstić information content (AvgIpc) is 2.77. The second-order valence-corrected chi connectivity index (χ2v) is 9.12. The first-order chi connectivity index (χ1) is 15.7. The minimum Gasteiger partial charge on any atom is -0.444 e. The highest BCUT2D eigenvalue weighted by atomic mass is 16.6. The predicted octanol–water partition coefficient (Wildman–Crippen LogP) is 4.84. The second kappa shape index (κ2) is 9.10. The molecule has 0 aliphatic heterocycles. The Balaban J connectivity index is 1.61. The summed E-state index contributed by atoms with van der Waals surface area (Å²) >= 11 is 0. The van der Waals surface area contributed by atoms with Gasteiger partial charge in [-0.25, -0.2) is 14.4 Å². The van der Waals surface area contributed by atoms with Gasteiger partial charge in [0.1, 0.15) is 16.9 Å². The summed E-state index contributed by atoms with van der Waals surface area (Å²) in [5.74, 6) is -0.468. The number of esters is 1. The Morgan fingerprint density at radius 3 is 2.39 bits per heavy atom. The zero-order chi connectivity index (χ0) is 23.6. The summed E-state index contributed by atoms with van der Waals surface area (Å²) in [6.07, 6.45) is 2.82. The maximum absolute atomic E-state index is 13.1. The van der Waals surface area contributed by atoms with Crippen LogP contribution in [0.15, 0.2) is 57.7 Å². The molecule has 0 spiro atoms. The van der Waals surface area contributed by atoms with Crippen LogP contribution in [-0.2, 0) is 22.4 Å². The molecule has 1 aromatic heterocycles. The quantitative estimate of drug-likeness (QED) is 0.348. The van der Waals surface area contributed by atoms with Crippen molar-refractivity contribution in [2.24, 2.45) is 0 Å². The van der Waals surface area contributed by atoms with Gasteiger partial charge in [-0.2, -0.15) is 0 Å². The van der Waals surface area contributed by atoms with Gasteiger partial charge < -0.3 is 19.2 Å². The lowest BCUT2D eigenvalue weighted by atomic mass is 9.91. The topological polar surface area (TPSA) is 94.8 Å². The van der Waals surface area contributed by atoms with Gasteiger partial charge in [-0.1, -0.05) is 30.3 Å². The number of rotatable bonds is 4. The molecule has 1 N–H and O–H groups in total. The normalized spacial score (nSPS) is 14.3. The molecule has 172 valence electrons. The van der Waals surface area contributed by atoms with E-state index >= 15 is 0 Å². The van der Waals surface area contributed by atoms with E-state index in [-0.39, 0.29) is 11.4 Å². The first-order valence-electron chi connectivity index (χ1n) is 11.1. The number of alkyl carbamates (subject to hydrolysis) is 1. The zero-order valence-corrected chi connectivity index (χ0v) is 19.0. The molecule has 3 aromatic rings. The first kappa shape index (κ1) is 22.6. The molecular formula is C26H27NO6. The van der Waals surface area contributed by atoms with E-state index in [4.69, 9.17) is 13.9 Å². The molecule has 0 radical (unpaired) electrons. The van der Waals surface area contributed by atoms with E-state index in [0.29, 0.717) is 11.1 Å². The summed E-state index contributed by atoms with van der Waals surface area (Å²) in [5, 5.41) is 3.44. The molecular weight excluding hydrogens is 422 g/mol. The maximum Gasteiger partial charge on any atom is 0.408 e. The lowest BCUT2D eigenvalue weighted by Crippen LogP contribution is -2.39. The standard InChI is InChI=1S/C26H27NO6/c1-26(2,3)33-25(30)27-22(16-9-5-4-6-10-16)24(29)31-17-13-14-19-18-11-7-8-12-20(18)23(28)32-21(19)15-17/h4-6,9-10,13-15,22H,7-8,11-12H2,1-3H3,(H,27,30). The fourth-order valence-electron chi connectivity index (χ4n) is 4.01. The number of amides is 1. The van der Waals surface area contributed by atoms with E-state index in [2.05, 4.69) is 5.32 Å². The van der Waals surface area contributed by atoms with E-state index in [9.17, 15) is 14.4 Å². The number of benzene rings is 2. The smallest absolute Gasteiger partial charge is 0.408 e. The summed E-state index contributed by atoms with van der Waals surface area (Å²) in [6.45, 7) is 5.22. The summed E-state index contributed by atoms with van der Waals surface area (Å²) in [7, 11) is 0. The summed E-state index contributed by atoms with van der Waals surface area (Å²) < 4.78 is 16.4. The molecule has 0 saturated heterocycles. The van der Waals surface area contributed by atoms with Gasteiger partial charge >= 0.3 is 17.7 Å². The van der Waals surface area contributed by atoms with Crippen LogP contribution >= 0.6 is 0 Å². The largest absolute Gasteiger partial charge is 0.444 e. The second-order valence-electron chi connectivity index (χ2n) is 9.12. The lowest BCUT2D eigenvalue weighted by Gasteiger charge is -2.23. The fraction of sp³-hybridized carbons (Fsp3) is 0.346. The van der Waals surface area contributed by atoms with Crippen molar-refractivity contribution in [1.29, 1.82) is 0 Å². The zero-order valence-electron chi connectivity index (χ0n) is 19.0. The number of aryl methyl sites for hydroxylation is 1. The molecule has 7 heteroatoms. The molecule has 0 saturated carbocycles. The van der Waals surface area contributed by atoms with Crippen molar-refractivity contribution in [2.75, 3.05) is 0 Å². The number of hydrogen-bond donors (Lipinski definition) is 1. The van der Waals surface area contributed by atoms with Crippen LogP contribution < -0.4 is 15.7 Å². The van der Waals surface area contributed by atoms with Crippen molar-refractivity contribution in [2.45, 2.75) is 58.1 Å². The first-order valence-corrected chi connectivity index (χ1v) is 11.1. The molecule has 7 nitrogen and oxygen atoms in total. The molecule has 1 atom stereocenters. The van der Waals surface area contributed by atoms with Crippen molar-refractivity contribution >= 4 is 23.0 Å². The van der Waals surface area contributed by atoms with Gasteiger partial charge in [-0.15, -0.1) is 0 Å². The Bertz CT molecular complexity index is 1240. The highest BCUT2D eigenvalue weighted by Gasteiger charge is 2.28. The third-order valence-corrected chi connectivity index (χ3v) is 5.44. The Morgan fingerprint density at radius 1 is 1.00 bits per heavy atom. The molecule has 1 heterocycles. The highest BCUT2D eigenvalue weighted by Crippen LogP contribution is 2.29. The lowest BCUT2D eigenvalue weighted by molar-refractivity contribution is -0.137. The van der Waals surface area contributed by atoms with Crippen LogP contribution in [0.25, 0.3) is 11.0 Å². The highest BCUT2D eigenvalue weighted by molar-refractivity contribution is 5.86. The van der Waals surface area contributed by atoms with Gasteiger partial charge in [0.2, 0.25) is 0 Å². The van der Waals surface area contributed by atoms with E-state index in [0.717, 1.165) is 42.2 Å². The van der Waals surface area contributed by atoms with Gasteiger partial charge in [0.25, 0.3) is 0 Å². The number of nitrogens with one attached hydrogen (secondary N) is 1. The van der Waals surface area contributed by atoms with Crippen LogP contribution in [0.5, 0.6) is 5.75 Å². The number of fused-ring (bicyclic) bond motifs is 3. The summed E-state index contributed by atoms with van der Waals surface area (Å²) in [4.78, 5) is 37.8. The monoisotopic (exact) mass is 449 g/mol. The minimum atomic E-state index is -1.08. The summed E-state index contributed by atoms with van der Waals surface area (Å²) in [5.41, 5.74) is 1.62. The Morgan fingerprint density at radius 2 is 1.70 bits per heavy atom. The maximum atomic E-state index is 13.1. The van der Waals surface area contributed by atoms with Gasteiger partial charge in [0.05, 0.1) is 0 Å². The van der Waals surface area contributed by atoms with Gasteiger partial charge in [-0.05, 0) is 69.7 Å². The number of ether oxygens (including phenoxy) is 2. The van der Waals surface area contributed by atoms with E-state index in [1.807, 2.05) is 12.1 Å². The molecule has 1 unspecified atom stereocenters. The fourth-order valence-corrected chi connectivity index (χ4v) is 4.01. The van der Waals surface area contributed by atoms with Crippen LogP contribution in [0.4, 0.5) is 4.79 Å². The van der Waals surface area contributed by atoms with Gasteiger partial charge in [0.15, 0.2) is 6.04 Å². The SMILES string of the molecule is CC(C)(C)OC(=O)NC(C(=O)Oc1ccc2c3c(c(=O)oc2c1)CCCC3)c1ccccc1. The molecule has 1 aliphatic rings. The number of hydrogen-bond acceptors (Lipinski definition) is 6. The van der Waals surface area contributed by atoms with Crippen molar-refractivity contribution in [3.8, 4) is 5.75 Å². The summed E-state index contributed by atoms with van der Waals surface area (Å²) in [6, 6.07) is 12.7. The van der Waals surface area contributed by atoms with Crippen LogP contribution in [0.3, 0.4) is 0 Å². The molecule has 33 heavy (non-hydrogen) atoms. The molecule has 2 aromatic carbocycles. The van der Waals surface area contributed by atoms with Crippen molar-refractivity contribution in [3.63, 3.8) is 0 Å². The van der Waals surface area contributed by atoms with Gasteiger partial charge in [-0.3, -0.25) is 0 Å². The number of carbonyl (C=O) groups excluding carboxylic acids is 2. The average molecular weight is 450 g/mol. The van der Waals surface area contributed by atoms with Crippen molar-refractivity contribution in [3.05, 3.63) is 75.6 Å². The molecule has 0 bridgehead atoms. The van der Waals surface area contributed by atoms with E-state index < -0.39 is 23.7 Å². The Labute approximate surface area is 191 Å². The Hall–Kier alpha value is -3.61. The molecule has 0 fully saturated rings. The number of carbonyl (C=O) groups is 2. The van der Waals surface area contributed by atoms with Crippen LogP contribution in [-0.4, -0.2) is 17.7 Å². The third-order valence-electron chi connectivity index (χ3n) is 5.44. The third kappa shape index (κ3) is 5.25. The van der Waals surface area contributed by atoms with E-state index in [1.165, 1.54) is 0 Å². The molecule has 4 rings (SSSR count). The predicted molar refractivity (Wildman–Crippen MR) is 123 cm³/mol. The minimum absolute atomic E-state index is 0.221. The van der Waals surface area contributed by atoms with Crippen LogP contribution in [0.2, 0.25) is 0 Å². The van der Waals surface area contributed by atoms with Crippen molar-refractivity contribution in [1.82, 2.24) is 5.32 Å². The van der Waals surface area contributed by atoms with E-state index in [1.54, 1.807) is 57.2 Å². The van der Waals surface area contributed by atoms with Crippen LogP contribution in [0, 0.1) is 0 Å². The van der Waals surface area contributed by atoms with Gasteiger partial charge in [0, 0.05) is 17.0 Å². The van der Waals surface area contributed by atoms with Crippen molar-refractivity contribution < 1.29 is 23.5 Å².